The molecule has 5 heteroatoms. The third-order valence-corrected chi connectivity index (χ3v) is 3.50. The number of halogens is 1. The van der Waals surface area contributed by atoms with Gasteiger partial charge in [0.05, 0.1) is 18.9 Å². The molecule has 0 atom stereocenters. The zero-order valence-electron chi connectivity index (χ0n) is 10.0. The number of hydrogen-bond acceptors (Lipinski definition) is 3. The Hall–Kier alpha value is -0.580. The van der Waals surface area contributed by atoms with Gasteiger partial charge in [-0.15, -0.1) is 0 Å². The number of rotatable bonds is 4. The Morgan fingerprint density at radius 2 is 2.25 bits per heavy atom. The molecule has 0 unspecified atom stereocenters. The van der Waals surface area contributed by atoms with E-state index in [-0.39, 0.29) is 0 Å². The van der Waals surface area contributed by atoms with Crippen LogP contribution in [0, 0.1) is 12.3 Å². The summed E-state index contributed by atoms with van der Waals surface area (Å²) in [7, 11) is 1.86. The van der Waals surface area contributed by atoms with E-state index < -0.39 is 0 Å². The quantitative estimate of drug-likeness (QED) is 0.871. The molecule has 0 saturated carbocycles. The first-order chi connectivity index (χ1) is 7.52. The standard InChI is InChI=1S/C11H18ClN3O/c1-8-9(10(12)15(3)14-8)4-13-5-11(2)6-16-7-11/h13H,4-7H2,1-3H3. The minimum Gasteiger partial charge on any atom is -0.380 e. The summed E-state index contributed by atoms with van der Waals surface area (Å²) in [6.45, 7) is 7.63. The van der Waals surface area contributed by atoms with Gasteiger partial charge in [0.2, 0.25) is 0 Å². The molecular weight excluding hydrogens is 226 g/mol. The highest BCUT2D eigenvalue weighted by Crippen LogP contribution is 2.25. The Balaban J connectivity index is 1.89. The van der Waals surface area contributed by atoms with Crippen LogP contribution in [0.3, 0.4) is 0 Å². The van der Waals surface area contributed by atoms with Crippen LogP contribution in [0.1, 0.15) is 18.2 Å². The molecule has 1 aliphatic rings. The van der Waals surface area contributed by atoms with Crippen LogP contribution in [0.2, 0.25) is 5.15 Å². The van der Waals surface area contributed by atoms with Crippen molar-refractivity contribution in [2.24, 2.45) is 12.5 Å². The van der Waals surface area contributed by atoms with Gasteiger partial charge in [-0.1, -0.05) is 18.5 Å². The van der Waals surface area contributed by atoms with E-state index in [9.17, 15) is 0 Å². The van der Waals surface area contributed by atoms with E-state index in [0.29, 0.717) is 5.41 Å². The topological polar surface area (TPSA) is 39.1 Å². The summed E-state index contributed by atoms with van der Waals surface area (Å²) in [5.74, 6) is 0. The van der Waals surface area contributed by atoms with Crippen molar-refractivity contribution in [3.8, 4) is 0 Å². The van der Waals surface area contributed by atoms with Crippen LogP contribution in [0.5, 0.6) is 0 Å². The lowest BCUT2D eigenvalue weighted by Gasteiger charge is -2.38. The van der Waals surface area contributed by atoms with E-state index in [1.165, 1.54) is 0 Å². The average molecular weight is 244 g/mol. The SMILES string of the molecule is Cc1nn(C)c(Cl)c1CNCC1(C)COC1. The minimum absolute atomic E-state index is 0.294. The Bertz CT molecular complexity index is 385. The summed E-state index contributed by atoms with van der Waals surface area (Å²) in [5.41, 5.74) is 2.38. The Kier molecular flexibility index (Phi) is 3.24. The highest BCUT2D eigenvalue weighted by Gasteiger charge is 2.32. The molecule has 0 radical (unpaired) electrons. The van der Waals surface area contributed by atoms with Gasteiger partial charge < -0.3 is 10.1 Å². The van der Waals surface area contributed by atoms with Crippen LogP contribution < -0.4 is 5.32 Å². The predicted octanol–water partition coefficient (Wildman–Crippen LogP) is 1.51. The molecule has 1 N–H and O–H groups in total. The third kappa shape index (κ3) is 2.24. The van der Waals surface area contributed by atoms with Gasteiger partial charge in [-0.25, -0.2) is 0 Å². The first-order valence-corrected chi connectivity index (χ1v) is 5.86. The zero-order chi connectivity index (χ0) is 11.8. The number of nitrogens with one attached hydrogen (secondary N) is 1. The predicted molar refractivity (Wildman–Crippen MR) is 63.6 cm³/mol. The molecule has 1 aromatic rings. The Morgan fingerprint density at radius 3 is 2.69 bits per heavy atom. The molecule has 0 amide bonds. The van der Waals surface area contributed by atoms with Gasteiger partial charge in [0.1, 0.15) is 5.15 Å². The van der Waals surface area contributed by atoms with Crippen LogP contribution in [0.25, 0.3) is 0 Å². The van der Waals surface area contributed by atoms with Crippen molar-refractivity contribution in [2.45, 2.75) is 20.4 Å². The highest BCUT2D eigenvalue weighted by molar-refractivity contribution is 6.30. The Labute approximate surface area is 101 Å². The van der Waals surface area contributed by atoms with Crippen LogP contribution in [-0.2, 0) is 18.3 Å². The molecule has 16 heavy (non-hydrogen) atoms. The van der Waals surface area contributed by atoms with Crippen molar-refractivity contribution >= 4 is 11.6 Å². The van der Waals surface area contributed by atoms with Crippen molar-refractivity contribution in [3.05, 3.63) is 16.4 Å². The van der Waals surface area contributed by atoms with Crippen molar-refractivity contribution in [3.63, 3.8) is 0 Å². The van der Waals surface area contributed by atoms with Crippen LogP contribution in [0.4, 0.5) is 0 Å². The second-order valence-electron chi connectivity index (χ2n) is 4.89. The minimum atomic E-state index is 0.294. The lowest BCUT2D eigenvalue weighted by molar-refractivity contribution is -0.0991. The van der Waals surface area contributed by atoms with Gasteiger partial charge in [0.15, 0.2) is 0 Å². The van der Waals surface area contributed by atoms with Crippen molar-refractivity contribution in [1.82, 2.24) is 15.1 Å². The first kappa shape index (κ1) is 11.9. The maximum absolute atomic E-state index is 6.15. The Morgan fingerprint density at radius 1 is 1.56 bits per heavy atom. The normalized spacial score (nSPS) is 18.5. The van der Waals surface area contributed by atoms with E-state index in [0.717, 1.165) is 42.7 Å². The molecule has 0 spiro atoms. The maximum Gasteiger partial charge on any atom is 0.131 e. The van der Waals surface area contributed by atoms with Crippen LogP contribution in [0.15, 0.2) is 0 Å². The summed E-state index contributed by atoms with van der Waals surface area (Å²) in [4.78, 5) is 0. The van der Waals surface area contributed by atoms with Crippen molar-refractivity contribution < 1.29 is 4.74 Å². The molecule has 2 heterocycles. The molecular formula is C11H18ClN3O. The summed E-state index contributed by atoms with van der Waals surface area (Å²) in [6, 6.07) is 0. The third-order valence-electron chi connectivity index (χ3n) is 3.02. The lowest BCUT2D eigenvalue weighted by Crippen LogP contribution is -2.47. The second kappa shape index (κ2) is 4.35. The molecule has 4 nitrogen and oxygen atoms in total. The van der Waals surface area contributed by atoms with E-state index in [4.69, 9.17) is 16.3 Å². The molecule has 1 aromatic heterocycles. The van der Waals surface area contributed by atoms with Gasteiger partial charge in [-0.05, 0) is 6.92 Å². The van der Waals surface area contributed by atoms with Gasteiger partial charge in [0.25, 0.3) is 0 Å². The van der Waals surface area contributed by atoms with Gasteiger partial charge in [-0.3, -0.25) is 4.68 Å². The lowest BCUT2D eigenvalue weighted by atomic mass is 9.89. The highest BCUT2D eigenvalue weighted by atomic mass is 35.5. The van der Waals surface area contributed by atoms with E-state index in [1.807, 2.05) is 14.0 Å². The zero-order valence-corrected chi connectivity index (χ0v) is 10.8. The molecule has 90 valence electrons. The van der Waals surface area contributed by atoms with Crippen LogP contribution >= 0.6 is 11.6 Å². The molecule has 2 rings (SSSR count). The first-order valence-electron chi connectivity index (χ1n) is 5.48. The summed E-state index contributed by atoms with van der Waals surface area (Å²) < 4.78 is 6.92. The molecule has 1 aliphatic heterocycles. The van der Waals surface area contributed by atoms with Crippen molar-refractivity contribution in [2.75, 3.05) is 19.8 Å². The fraction of sp³-hybridized carbons (Fsp3) is 0.727. The van der Waals surface area contributed by atoms with E-state index in [1.54, 1.807) is 4.68 Å². The number of hydrogen-bond donors (Lipinski definition) is 1. The van der Waals surface area contributed by atoms with E-state index in [2.05, 4.69) is 17.3 Å². The smallest absolute Gasteiger partial charge is 0.131 e. The molecule has 0 aromatic carbocycles. The van der Waals surface area contributed by atoms with E-state index >= 15 is 0 Å². The van der Waals surface area contributed by atoms with Gasteiger partial charge in [-0.2, -0.15) is 5.10 Å². The molecule has 1 fully saturated rings. The monoisotopic (exact) mass is 243 g/mol. The summed E-state index contributed by atoms with van der Waals surface area (Å²) in [5, 5.41) is 8.42. The number of ether oxygens (including phenoxy) is 1. The molecule has 1 saturated heterocycles. The average Bonchev–Trinajstić information content (AvgIpc) is 2.42. The molecule has 0 bridgehead atoms. The van der Waals surface area contributed by atoms with Gasteiger partial charge >= 0.3 is 0 Å². The maximum atomic E-state index is 6.15. The fourth-order valence-corrected chi connectivity index (χ4v) is 2.16. The van der Waals surface area contributed by atoms with Crippen LogP contribution in [-0.4, -0.2) is 29.5 Å². The van der Waals surface area contributed by atoms with Gasteiger partial charge in [0, 0.05) is 31.1 Å². The number of aryl methyl sites for hydroxylation is 2. The summed E-state index contributed by atoms with van der Waals surface area (Å²) >= 11 is 6.15. The fourth-order valence-electron chi connectivity index (χ4n) is 1.92. The molecule has 0 aliphatic carbocycles. The number of aromatic nitrogens is 2. The second-order valence-corrected chi connectivity index (χ2v) is 5.24. The van der Waals surface area contributed by atoms with Crippen molar-refractivity contribution in [1.29, 1.82) is 0 Å². The number of nitrogens with zero attached hydrogens (tertiary/aromatic N) is 2. The summed E-state index contributed by atoms with van der Waals surface area (Å²) in [6.07, 6.45) is 0. The largest absolute Gasteiger partial charge is 0.380 e.